The summed E-state index contributed by atoms with van der Waals surface area (Å²) < 4.78 is 19.1. The van der Waals surface area contributed by atoms with Gasteiger partial charge < -0.3 is 25.2 Å². The molecule has 5 atom stereocenters. The zero-order valence-corrected chi connectivity index (χ0v) is 16.4. The summed E-state index contributed by atoms with van der Waals surface area (Å²) in [5.41, 5.74) is 6.40. The summed E-state index contributed by atoms with van der Waals surface area (Å²) >= 11 is 0. The highest BCUT2D eigenvalue weighted by Crippen LogP contribution is 2.39. The van der Waals surface area contributed by atoms with Crippen LogP contribution in [0.15, 0.2) is 30.3 Å². The quantitative estimate of drug-likeness (QED) is 0.625. The minimum atomic E-state index is -1.40. The first-order chi connectivity index (χ1) is 13.9. The van der Waals surface area contributed by atoms with E-state index in [-0.39, 0.29) is 5.82 Å². The number of aliphatic hydroxyl groups is 4. The van der Waals surface area contributed by atoms with E-state index in [1.807, 2.05) is 13.0 Å². The second-order valence-corrected chi connectivity index (χ2v) is 8.11. The van der Waals surface area contributed by atoms with Crippen LogP contribution in [0.4, 0.5) is 4.39 Å². The van der Waals surface area contributed by atoms with Crippen LogP contribution in [-0.2, 0) is 24.0 Å². The minimum absolute atomic E-state index is 0.273. The normalized spacial score (nSPS) is 29.1. The molecule has 0 aromatic heterocycles. The molecule has 0 spiro atoms. The SMILES string of the molecule is Cc1c([C@@H]2O[C@H](CO)[C@@H](O)[C@H](O)[C@H]2O)cc(Cc2ccc(F)cc2)c2c1CCC2. The van der Waals surface area contributed by atoms with E-state index in [4.69, 9.17) is 4.74 Å². The summed E-state index contributed by atoms with van der Waals surface area (Å²) in [6.45, 7) is 1.54. The zero-order valence-electron chi connectivity index (χ0n) is 16.4. The number of hydrogen-bond acceptors (Lipinski definition) is 5. The highest BCUT2D eigenvalue weighted by Gasteiger charge is 2.44. The van der Waals surface area contributed by atoms with E-state index in [1.165, 1.54) is 23.3 Å². The molecule has 0 unspecified atom stereocenters. The Hall–Kier alpha value is -1.83. The number of fused-ring (bicyclic) bond motifs is 1. The van der Waals surface area contributed by atoms with Crippen LogP contribution >= 0.6 is 0 Å². The number of aliphatic hydroxyl groups excluding tert-OH is 4. The number of benzene rings is 2. The van der Waals surface area contributed by atoms with Gasteiger partial charge in [0.05, 0.1) is 6.61 Å². The highest BCUT2D eigenvalue weighted by atomic mass is 19.1. The summed E-state index contributed by atoms with van der Waals surface area (Å²) in [4.78, 5) is 0. The highest BCUT2D eigenvalue weighted by molar-refractivity contribution is 5.50. The number of halogens is 1. The van der Waals surface area contributed by atoms with Gasteiger partial charge in [0, 0.05) is 0 Å². The first kappa shape index (κ1) is 20.4. The van der Waals surface area contributed by atoms with Gasteiger partial charge in [-0.05, 0) is 78.1 Å². The fraction of sp³-hybridized carbons (Fsp3) is 0.478. The van der Waals surface area contributed by atoms with Crippen molar-refractivity contribution in [3.8, 4) is 0 Å². The van der Waals surface area contributed by atoms with Gasteiger partial charge in [-0.25, -0.2) is 4.39 Å². The van der Waals surface area contributed by atoms with Gasteiger partial charge in [0.25, 0.3) is 0 Å². The van der Waals surface area contributed by atoms with Gasteiger partial charge in [0.2, 0.25) is 0 Å². The van der Waals surface area contributed by atoms with Crippen LogP contribution in [0.25, 0.3) is 0 Å². The molecular formula is C23H27FO5. The lowest BCUT2D eigenvalue weighted by molar-refractivity contribution is -0.231. The van der Waals surface area contributed by atoms with Gasteiger partial charge in [-0.2, -0.15) is 0 Å². The lowest BCUT2D eigenvalue weighted by atomic mass is 9.84. The first-order valence-electron chi connectivity index (χ1n) is 10.1. The predicted molar refractivity (Wildman–Crippen MR) is 105 cm³/mol. The van der Waals surface area contributed by atoms with Crippen LogP contribution in [0, 0.1) is 12.7 Å². The molecule has 5 nitrogen and oxygen atoms in total. The third kappa shape index (κ3) is 3.71. The van der Waals surface area contributed by atoms with Crippen molar-refractivity contribution in [1.29, 1.82) is 0 Å². The number of ether oxygens (including phenoxy) is 1. The smallest absolute Gasteiger partial charge is 0.123 e. The Morgan fingerprint density at radius 2 is 1.69 bits per heavy atom. The van der Waals surface area contributed by atoms with Gasteiger partial charge >= 0.3 is 0 Å². The molecule has 4 N–H and O–H groups in total. The number of rotatable bonds is 4. The van der Waals surface area contributed by atoms with Gasteiger partial charge in [-0.15, -0.1) is 0 Å². The van der Waals surface area contributed by atoms with Crippen molar-refractivity contribution in [3.05, 3.63) is 69.5 Å². The summed E-state index contributed by atoms with van der Waals surface area (Å²) in [5, 5.41) is 40.4. The van der Waals surface area contributed by atoms with Gasteiger partial charge in [0.1, 0.15) is 36.3 Å². The fourth-order valence-electron chi connectivity index (χ4n) is 4.70. The van der Waals surface area contributed by atoms with E-state index in [0.29, 0.717) is 6.42 Å². The summed E-state index contributed by atoms with van der Waals surface area (Å²) in [6, 6.07) is 8.42. The standard InChI is InChI=1S/C23H27FO5/c1-12-16-3-2-4-17(16)14(9-13-5-7-15(24)8-6-13)10-18(12)23-22(28)21(27)20(26)19(11-25)29-23/h5-8,10,19-23,25-28H,2-4,9,11H2,1H3/t19-,20-,21+,22-,23+/m1/s1. The van der Waals surface area contributed by atoms with Crippen molar-refractivity contribution in [2.45, 2.75) is 63.1 Å². The Morgan fingerprint density at radius 3 is 2.38 bits per heavy atom. The van der Waals surface area contributed by atoms with E-state index in [2.05, 4.69) is 0 Å². The molecule has 1 heterocycles. The molecule has 1 saturated heterocycles. The molecule has 29 heavy (non-hydrogen) atoms. The third-order valence-corrected chi connectivity index (χ3v) is 6.33. The number of hydrogen-bond donors (Lipinski definition) is 4. The topological polar surface area (TPSA) is 90.2 Å². The summed E-state index contributed by atoms with van der Waals surface area (Å²) in [6.07, 6.45) is -2.28. The van der Waals surface area contributed by atoms with Crippen molar-refractivity contribution >= 4 is 0 Å². The van der Waals surface area contributed by atoms with Crippen LogP contribution in [0.1, 0.15) is 45.9 Å². The molecule has 1 aliphatic carbocycles. The monoisotopic (exact) mass is 402 g/mol. The van der Waals surface area contributed by atoms with Crippen LogP contribution in [0.5, 0.6) is 0 Å². The third-order valence-electron chi connectivity index (χ3n) is 6.33. The molecule has 6 heteroatoms. The van der Waals surface area contributed by atoms with Crippen molar-refractivity contribution in [3.63, 3.8) is 0 Å². The first-order valence-corrected chi connectivity index (χ1v) is 10.1. The van der Waals surface area contributed by atoms with Crippen molar-refractivity contribution in [2.75, 3.05) is 6.61 Å². The lowest BCUT2D eigenvalue weighted by Gasteiger charge is -2.41. The molecule has 2 aromatic rings. The largest absolute Gasteiger partial charge is 0.394 e. The predicted octanol–water partition coefficient (Wildman–Crippen LogP) is 1.73. The van der Waals surface area contributed by atoms with Gasteiger partial charge in [0.15, 0.2) is 0 Å². The Balaban J connectivity index is 1.75. The van der Waals surface area contributed by atoms with E-state index >= 15 is 0 Å². The van der Waals surface area contributed by atoms with Gasteiger partial charge in [-0.3, -0.25) is 0 Å². The zero-order chi connectivity index (χ0) is 20.7. The van der Waals surface area contributed by atoms with Crippen LogP contribution in [0.3, 0.4) is 0 Å². The second-order valence-electron chi connectivity index (χ2n) is 8.11. The second kappa shape index (κ2) is 8.13. The summed E-state index contributed by atoms with van der Waals surface area (Å²) in [7, 11) is 0. The lowest BCUT2D eigenvalue weighted by Crippen LogP contribution is -2.55. The van der Waals surface area contributed by atoms with Gasteiger partial charge in [-0.1, -0.05) is 18.2 Å². The van der Waals surface area contributed by atoms with Crippen LogP contribution in [0.2, 0.25) is 0 Å². The van der Waals surface area contributed by atoms with E-state index in [1.54, 1.807) is 12.1 Å². The van der Waals surface area contributed by atoms with E-state index in [0.717, 1.165) is 41.5 Å². The average Bonchev–Trinajstić information content (AvgIpc) is 3.21. The summed E-state index contributed by atoms with van der Waals surface area (Å²) in [5.74, 6) is -0.273. The molecule has 1 fully saturated rings. The maximum Gasteiger partial charge on any atom is 0.123 e. The molecule has 0 bridgehead atoms. The maximum atomic E-state index is 13.3. The molecule has 4 rings (SSSR count). The molecule has 1 aliphatic heterocycles. The Kier molecular flexibility index (Phi) is 5.73. The minimum Gasteiger partial charge on any atom is -0.394 e. The molecule has 0 radical (unpaired) electrons. The van der Waals surface area contributed by atoms with E-state index in [9.17, 15) is 24.8 Å². The average molecular weight is 402 g/mol. The molecule has 0 amide bonds. The molecular weight excluding hydrogens is 375 g/mol. The van der Waals surface area contributed by atoms with Crippen LogP contribution < -0.4 is 0 Å². The van der Waals surface area contributed by atoms with E-state index < -0.39 is 37.1 Å². The van der Waals surface area contributed by atoms with Crippen molar-refractivity contribution in [1.82, 2.24) is 0 Å². The molecule has 0 saturated carbocycles. The Bertz CT molecular complexity index is 880. The molecule has 156 valence electrons. The Morgan fingerprint density at radius 1 is 1.00 bits per heavy atom. The Labute approximate surface area is 169 Å². The molecule has 2 aromatic carbocycles. The maximum absolute atomic E-state index is 13.3. The fourth-order valence-corrected chi connectivity index (χ4v) is 4.70. The van der Waals surface area contributed by atoms with Crippen molar-refractivity contribution < 1.29 is 29.6 Å². The van der Waals surface area contributed by atoms with Crippen molar-refractivity contribution in [2.24, 2.45) is 0 Å². The molecule has 2 aliphatic rings. The van der Waals surface area contributed by atoms with Crippen LogP contribution in [-0.4, -0.2) is 51.4 Å².